The lowest BCUT2D eigenvalue weighted by Gasteiger charge is -2.28. The maximum absolute atomic E-state index is 8.99. The minimum absolute atomic E-state index is 0. The van der Waals surface area contributed by atoms with Gasteiger partial charge in [0.1, 0.15) is 53.1 Å². The summed E-state index contributed by atoms with van der Waals surface area (Å²) >= 11 is 0. The first-order chi connectivity index (χ1) is 50.2. The number of pyridine rings is 6. The number of hydrogen-bond acceptors (Lipinski definition) is 18. The van der Waals surface area contributed by atoms with Crippen molar-refractivity contribution in [1.82, 2.24) is 62.3 Å². The summed E-state index contributed by atoms with van der Waals surface area (Å²) in [4.78, 5) is 0. The molecule has 0 saturated heterocycles. The summed E-state index contributed by atoms with van der Waals surface area (Å²) in [6, 6.07) is 35.2. The molecule has 13 aromatic heterocycles. The summed E-state index contributed by atoms with van der Waals surface area (Å²) in [7, 11) is 30.2. The standard InChI is InChI=1S/C14H24N5.C13H22N5O.C13H22N5.2C12H20N5.C11H12N5.6CH3/c1-19(2,3)11-7-5-9-16-14-13(15)12-8-4-6-10-18(12)17-14;1-18(2,9-10-19)8-6-15-13-12(14)11-5-3-4-7-17(11)16-13;1-4-18(2,3)10-8-15-13-12(14)11-7-5-6-9-17(11)16-13;2*1-17(2,3)9-7-14-12-11(13)10-6-4-5-8-16(10)15-12;1-14-6-7-15(8-14)11-10(12)9-4-2-3-5-16(9)13-11;;;;;;/h4,6,8,10H,5,7,9,11,15H2,1-3H3,(H,16,17);3-5,7,19H,6,8-10,14H2,1-2H3,(H,15,16);5-7,9H,4,8,10,14H2,1-3H3,(H,15,16);2*4-6,8H,7,9,13H2,1-3H3,(H,14,15);2-8H,12H2,1H3;6*1H3/q6*+1;6*-1. The van der Waals surface area contributed by atoms with Gasteiger partial charge in [-0.15, -0.1) is 30.6 Å². The molecular formula is C81H138N30O. The Morgan fingerprint density at radius 3 is 0.875 bits per heavy atom. The summed E-state index contributed by atoms with van der Waals surface area (Å²) in [5.74, 6) is 4.57. The van der Waals surface area contributed by atoms with Crippen LogP contribution < -0.4 is 65.6 Å². The molecule has 0 aromatic carbocycles. The number of nitrogens with two attached hydrogens (primary N) is 6. The highest BCUT2D eigenvalue weighted by molar-refractivity contribution is 5.84. The van der Waals surface area contributed by atoms with Crippen LogP contribution >= 0.6 is 0 Å². The van der Waals surface area contributed by atoms with Crippen molar-refractivity contribution in [3.8, 4) is 5.82 Å². The summed E-state index contributed by atoms with van der Waals surface area (Å²) in [6.07, 6.45) is 19.5. The van der Waals surface area contributed by atoms with Crippen LogP contribution in [0.15, 0.2) is 165 Å². The fourth-order valence-electron chi connectivity index (χ4n) is 10.9. The van der Waals surface area contributed by atoms with Crippen molar-refractivity contribution < 1.29 is 32.1 Å². The number of aromatic nitrogens is 14. The fourth-order valence-corrected chi connectivity index (χ4v) is 10.9. The second-order valence-electron chi connectivity index (χ2n) is 30.7. The van der Waals surface area contributed by atoms with E-state index in [1.165, 1.54) is 13.0 Å². The number of aryl methyl sites for hydroxylation is 1. The quantitative estimate of drug-likeness (QED) is 0.0104. The molecule has 13 rings (SSSR count). The summed E-state index contributed by atoms with van der Waals surface area (Å²) in [6.45, 7) is 13.7. The van der Waals surface area contributed by atoms with Crippen molar-refractivity contribution in [2.45, 2.75) is 19.8 Å². The van der Waals surface area contributed by atoms with Crippen LogP contribution in [0.25, 0.3) is 38.9 Å². The first-order valence-electron chi connectivity index (χ1n) is 36.0. The molecule has 0 saturated carbocycles. The molecule has 0 spiro atoms. The fraction of sp³-hybridized carbons (Fsp3) is 0.370. The predicted octanol–water partition coefficient (Wildman–Crippen LogP) is 8.94. The maximum Gasteiger partial charge on any atom is 0.268 e. The van der Waals surface area contributed by atoms with Crippen LogP contribution in [0.1, 0.15) is 19.8 Å². The van der Waals surface area contributed by atoms with Crippen molar-refractivity contribution in [3.05, 3.63) is 210 Å². The number of anilines is 11. The first-order valence-corrected chi connectivity index (χ1v) is 36.0. The molecule has 0 aliphatic heterocycles. The molecule has 0 radical (unpaired) electrons. The van der Waals surface area contributed by atoms with Crippen molar-refractivity contribution in [2.75, 3.05) is 238 Å². The molecule has 13 aromatic rings. The second kappa shape index (κ2) is 43.5. The number of aliphatic hydroxyl groups is 1. The third kappa shape index (κ3) is 28.0. The van der Waals surface area contributed by atoms with Gasteiger partial charge in [0.15, 0.2) is 29.1 Å². The molecule has 0 aliphatic carbocycles. The molecule has 0 amide bonds. The van der Waals surface area contributed by atoms with Crippen LogP contribution in [0, 0.1) is 44.6 Å². The average Bonchev–Trinajstić information content (AvgIpc) is 1.67. The number of unbranched alkanes of at least 4 members (excludes halogenated alkanes) is 1. The first kappa shape index (κ1) is 97.0. The smallest absolute Gasteiger partial charge is 0.268 e. The van der Waals surface area contributed by atoms with Gasteiger partial charge in [-0.25, -0.2) is 31.7 Å². The van der Waals surface area contributed by atoms with Gasteiger partial charge in [-0.3, -0.25) is 0 Å². The van der Waals surface area contributed by atoms with Gasteiger partial charge in [-0.1, -0.05) is 36.4 Å². The minimum Gasteiger partial charge on any atom is -0.394 e. The van der Waals surface area contributed by atoms with E-state index in [0.717, 1.165) is 180 Å². The molecule has 0 aliphatic rings. The van der Waals surface area contributed by atoms with Gasteiger partial charge in [0.2, 0.25) is 6.33 Å². The van der Waals surface area contributed by atoms with E-state index in [2.05, 4.69) is 156 Å². The number of hydrogen-bond donors (Lipinski definition) is 12. The maximum atomic E-state index is 8.99. The molecular weight excluding hydrogens is 1410 g/mol. The SMILES string of the molecule is CC[N+](C)(C)CCNc1nn2ccccc2c1N.C[N+](C)(C)CCCCNc1nn2ccccc2c1N.C[N+](C)(C)CCNc1nn2ccccc2c1N.C[N+](C)(C)CCNc1nn2ccccc2c1N.C[N+](C)(CCO)CCNc1nn2ccccc2c1N.C[n+]1ccn(-c2nn3ccccc3c2N)c1.[CH3-].[CH3-].[CH3-].[CH3-].[CH3-].[CH3-]. The van der Waals surface area contributed by atoms with Crippen LogP contribution in [-0.4, -0.2) is 267 Å². The number of likely N-dealkylation sites (N-methyl/N-ethyl adjacent to an activating group) is 4. The zero-order chi connectivity index (χ0) is 77.0. The second-order valence-corrected chi connectivity index (χ2v) is 30.7. The number of nitrogens with zero attached hydrogens (tertiary/aromatic N) is 19. The van der Waals surface area contributed by atoms with Crippen LogP contribution in [0.3, 0.4) is 0 Å². The Hall–Kier alpha value is -11.1. The molecule has 31 nitrogen and oxygen atoms in total. The van der Waals surface area contributed by atoms with Gasteiger partial charge in [0.25, 0.3) is 5.82 Å². The Balaban J connectivity index is 0.000000452. The predicted molar refractivity (Wildman–Crippen MR) is 473 cm³/mol. The highest BCUT2D eigenvalue weighted by Crippen LogP contribution is 2.27. The molecule has 0 bridgehead atoms. The number of imidazole rings is 1. The van der Waals surface area contributed by atoms with Crippen molar-refractivity contribution in [3.63, 3.8) is 0 Å². The highest BCUT2D eigenvalue weighted by atomic mass is 16.3. The third-order valence-electron chi connectivity index (χ3n) is 17.7. The van der Waals surface area contributed by atoms with E-state index in [-0.39, 0.29) is 51.2 Å². The van der Waals surface area contributed by atoms with Gasteiger partial charge < -0.3 is 133 Å². The number of rotatable bonds is 26. The molecule has 18 N–H and O–H groups in total. The topological polar surface area (TPSA) is 349 Å². The van der Waals surface area contributed by atoms with Crippen molar-refractivity contribution >= 4 is 96.3 Å². The number of quaternary nitrogens is 5. The number of nitrogen functional groups attached to an aromatic ring is 6. The van der Waals surface area contributed by atoms with E-state index in [0.29, 0.717) is 22.7 Å². The lowest BCUT2D eigenvalue weighted by atomic mass is 10.3. The summed E-state index contributed by atoms with van der Waals surface area (Å²) in [5, 5.41) is 52.0. The lowest BCUT2D eigenvalue weighted by molar-refractivity contribution is -0.888. The number of fused-ring (bicyclic) bond motifs is 6. The van der Waals surface area contributed by atoms with Gasteiger partial charge in [0, 0.05) is 43.7 Å². The molecule has 31 heteroatoms. The molecule has 0 atom stereocenters. The minimum atomic E-state index is 0. The zero-order valence-electron chi connectivity index (χ0n) is 71.1. The van der Waals surface area contributed by atoms with Crippen LogP contribution in [-0.2, 0) is 7.05 Å². The number of aliphatic hydroxyl groups excluding tert-OH is 1. The van der Waals surface area contributed by atoms with Gasteiger partial charge >= 0.3 is 0 Å². The van der Waals surface area contributed by atoms with E-state index in [1.807, 2.05) is 186 Å². The molecule has 0 fully saturated rings. The van der Waals surface area contributed by atoms with Crippen LogP contribution in [0.5, 0.6) is 0 Å². The number of nitrogens with one attached hydrogen (secondary N) is 5. The van der Waals surface area contributed by atoms with E-state index in [9.17, 15) is 0 Å². The molecule has 0 unspecified atom stereocenters. The average molecular weight is 1550 g/mol. The molecule has 112 heavy (non-hydrogen) atoms. The van der Waals surface area contributed by atoms with Crippen LogP contribution in [0.4, 0.5) is 63.2 Å². The van der Waals surface area contributed by atoms with Crippen molar-refractivity contribution in [2.24, 2.45) is 7.05 Å². The Bertz CT molecular complexity index is 4760. The zero-order valence-corrected chi connectivity index (χ0v) is 71.1. The highest BCUT2D eigenvalue weighted by Gasteiger charge is 2.20. The molecule has 13 heterocycles. The van der Waals surface area contributed by atoms with Crippen molar-refractivity contribution in [1.29, 1.82) is 0 Å². The van der Waals surface area contributed by atoms with Gasteiger partial charge in [-0.2, -0.15) is 4.57 Å². The Morgan fingerprint density at radius 1 is 0.339 bits per heavy atom. The summed E-state index contributed by atoms with van der Waals surface area (Å²) in [5.41, 5.74) is 46.2. The summed E-state index contributed by atoms with van der Waals surface area (Å²) < 4.78 is 19.2. The van der Waals surface area contributed by atoms with E-state index < -0.39 is 0 Å². The lowest BCUT2D eigenvalue weighted by Crippen LogP contribution is -2.45. The van der Waals surface area contributed by atoms with E-state index >= 15 is 0 Å². The Kier molecular flexibility index (Phi) is 37.7. The van der Waals surface area contributed by atoms with E-state index in [1.54, 1.807) is 22.6 Å². The Labute approximate surface area is 667 Å². The monoisotopic (exact) mass is 1550 g/mol. The van der Waals surface area contributed by atoms with E-state index in [4.69, 9.17) is 39.5 Å². The largest absolute Gasteiger partial charge is 0.394 e. The van der Waals surface area contributed by atoms with Crippen LogP contribution in [0.2, 0.25) is 0 Å². The third-order valence-corrected chi connectivity index (χ3v) is 17.7. The van der Waals surface area contributed by atoms with Gasteiger partial charge in [-0.05, 0) is 92.6 Å². The normalized spacial score (nSPS) is 11.2. The van der Waals surface area contributed by atoms with Gasteiger partial charge in [0.05, 0.1) is 204 Å². The Morgan fingerprint density at radius 2 is 0.616 bits per heavy atom. The molecule has 618 valence electrons.